The molecule has 0 atom stereocenters. The molecule has 4 nitrogen and oxygen atoms in total. The number of likely N-dealkylation sites (tertiary alicyclic amines) is 1. The summed E-state index contributed by atoms with van der Waals surface area (Å²) in [6.07, 6.45) is 2.66. The molecule has 2 aromatic rings. The van der Waals surface area contributed by atoms with Crippen LogP contribution in [0.1, 0.15) is 35.2 Å². The van der Waals surface area contributed by atoms with E-state index >= 15 is 0 Å². The molecule has 1 fully saturated rings. The number of hydrogen-bond donors (Lipinski definition) is 1. The number of carbonyl (C=O) groups excluding carboxylic acids is 2. The maximum atomic E-state index is 12.5. The summed E-state index contributed by atoms with van der Waals surface area (Å²) in [4.78, 5) is 26.3. The van der Waals surface area contributed by atoms with Crippen molar-refractivity contribution in [1.29, 1.82) is 0 Å². The number of rotatable bonds is 4. The van der Waals surface area contributed by atoms with Crippen LogP contribution in [0.5, 0.6) is 0 Å². The van der Waals surface area contributed by atoms with Crippen molar-refractivity contribution in [3.63, 3.8) is 0 Å². The Balaban J connectivity index is 1.72. The molecule has 2 amide bonds. The predicted molar refractivity (Wildman–Crippen MR) is 108 cm³/mol. The van der Waals surface area contributed by atoms with Crippen LogP contribution in [-0.2, 0) is 11.3 Å². The van der Waals surface area contributed by atoms with Crippen molar-refractivity contribution in [2.24, 2.45) is 0 Å². The fraction of sp³-hybridized carbons (Fsp3) is 0.263. The quantitative estimate of drug-likeness (QED) is 0.661. The van der Waals surface area contributed by atoms with E-state index in [1.165, 1.54) is 0 Å². The fourth-order valence-corrected chi connectivity index (χ4v) is 3.62. The Kier molecular flexibility index (Phi) is 5.96. The first kappa shape index (κ1) is 18.2. The van der Waals surface area contributed by atoms with Gasteiger partial charge >= 0.3 is 0 Å². The minimum atomic E-state index is -0.196. The average molecular weight is 469 g/mol. The van der Waals surface area contributed by atoms with Crippen molar-refractivity contribution in [2.45, 2.75) is 25.8 Å². The van der Waals surface area contributed by atoms with E-state index in [2.05, 4.69) is 27.9 Å². The van der Waals surface area contributed by atoms with Crippen molar-refractivity contribution in [2.75, 3.05) is 11.9 Å². The number of carbonyl (C=O) groups is 2. The van der Waals surface area contributed by atoms with Crippen LogP contribution in [0.3, 0.4) is 0 Å². The Morgan fingerprint density at radius 2 is 2.04 bits per heavy atom. The second-order valence-corrected chi connectivity index (χ2v) is 7.65. The summed E-state index contributed by atoms with van der Waals surface area (Å²) in [5.41, 5.74) is 2.27. The molecule has 1 aliphatic heterocycles. The SMILES string of the molecule is O=C(Nc1cccc(CN2CCCCC2=O)c1)c1cc(Cl)ccc1I. The first-order valence-electron chi connectivity index (χ1n) is 8.16. The third kappa shape index (κ3) is 4.73. The summed E-state index contributed by atoms with van der Waals surface area (Å²) in [6.45, 7) is 1.38. The van der Waals surface area contributed by atoms with Gasteiger partial charge in [0, 0.05) is 33.8 Å². The third-order valence-corrected chi connectivity index (χ3v) is 5.33. The molecule has 1 aliphatic rings. The van der Waals surface area contributed by atoms with Gasteiger partial charge in [-0.2, -0.15) is 0 Å². The van der Waals surface area contributed by atoms with E-state index in [-0.39, 0.29) is 11.8 Å². The molecule has 1 N–H and O–H groups in total. The van der Waals surface area contributed by atoms with E-state index < -0.39 is 0 Å². The molecule has 130 valence electrons. The Hall–Kier alpha value is -1.60. The van der Waals surface area contributed by atoms with Gasteiger partial charge in [0.05, 0.1) is 5.56 Å². The van der Waals surface area contributed by atoms with Crippen molar-refractivity contribution < 1.29 is 9.59 Å². The highest BCUT2D eigenvalue weighted by Gasteiger charge is 2.18. The molecule has 0 unspecified atom stereocenters. The predicted octanol–water partition coefficient (Wildman–Crippen LogP) is 4.71. The topological polar surface area (TPSA) is 49.4 Å². The number of hydrogen-bond acceptors (Lipinski definition) is 2. The summed E-state index contributed by atoms with van der Waals surface area (Å²) in [5.74, 6) is 0.00673. The molecule has 0 saturated carbocycles. The number of piperidine rings is 1. The second kappa shape index (κ2) is 8.19. The van der Waals surface area contributed by atoms with Gasteiger partial charge in [0.1, 0.15) is 0 Å². The molecular formula is C19H18ClIN2O2. The van der Waals surface area contributed by atoms with Crippen LogP contribution in [0.15, 0.2) is 42.5 Å². The van der Waals surface area contributed by atoms with Crippen molar-refractivity contribution in [1.82, 2.24) is 4.90 Å². The standard InChI is InChI=1S/C19H18ClIN2O2/c20-14-7-8-17(21)16(11-14)19(25)22-15-5-3-4-13(10-15)12-23-9-2-1-6-18(23)24/h3-5,7-8,10-11H,1-2,6,9,12H2,(H,22,25). The normalized spacial score (nSPS) is 14.5. The third-order valence-electron chi connectivity index (χ3n) is 4.15. The number of nitrogens with one attached hydrogen (secondary N) is 1. The molecular weight excluding hydrogens is 451 g/mol. The lowest BCUT2D eigenvalue weighted by atomic mass is 10.1. The van der Waals surface area contributed by atoms with Crippen LogP contribution in [-0.4, -0.2) is 23.3 Å². The van der Waals surface area contributed by atoms with Crippen molar-refractivity contribution in [3.8, 4) is 0 Å². The Bertz CT molecular complexity index is 810. The highest BCUT2D eigenvalue weighted by molar-refractivity contribution is 14.1. The van der Waals surface area contributed by atoms with Crippen molar-refractivity contribution >= 4 is 51.7 Å². The molecule has 0 radical (unpaired) electrons. The molecule has 0 bridgehead atoms. The summed E-state index contributed by atoms with van der Waals surface area (Å²) >= 11 is 8.11. The minimum absolute atomic E-state index is 0.196. The highest BCUT2D eigenvalue weighted by Crippen LogP contribution is 2.21. The largest absolute Gasteiger partial charge is 0.338 e. The van der Waals surface area contributed by atoms with Crippen LogP contribution in [0.2, 0.25) is 5.02 Å². The summed E-state index contributed by atoms with van der Waals surface area (Å²) < 4.78 is 0.842. The number of nitrogens with zero attached hydrogens (tertiary/aromatic N) is 1. The van der Waals surface area contributed by atoms with Gasteiger partial charge < -0.3 is 10.2 Å². The van der Waals surface area contributed by atoms with E-state index in [1.807, 2.05) is 35.2 Å². The second-order valence-electron chi connectivity index (χ2n) is 6.05. The summed E-state index contributed by atoms with van der Waals surface area (Å²) in [5, 5.41) is 3.44. The smallest absolute Gasteiger partial charge is 0.256 e. The monoisotopic (exact) mass is 468 g/mol. The Morgan fingerprint density at radius 1 is 1.20 bits per heavy atom. The van der Waals surface area contributed by atoms with Gasteiger partial charge in [-0.25, -0.2) is 0 Å². The molecule has 0 spiro atoms. The van der Waals surface area contributed by atoms with Gasteiger partial charge in [0.15, 0.2) is 0 Å². The molecule has 3 rings (SSSR count). The van der Waals surface area contributed by atoms with Gasteiger partial charge in [-0.05, 0) is 71.3 Å². The zero-order valence-corrected chi connectivity index (χ0v) is 16.5. The molecule has 25 heavy (non-hydrogen) atoms. The first-order valence-corrected chi connectivity index (χ1v) is 9.62. The molecule has 2 aromatic carbocycles. The lowest BCUT2D eigenvalue weighted by Gasteiger charge is -2.26. The van der Waals surface area contributed by atoms with E-state index in [0.29, 0.717) is 29.2 Å². The van der Waals surface area contributed by atoms with Gasteiger partial charge in [-0.15, -0.1) is 0 Å². The van der Waals surface area contributed by atoms with Crippen LogP contribution in [0, 0.1) is 3.57 Å². The Labute approximate surface area is 165 Å². The summed E-state index contributed by atoms with van der Waals surface area (Å²) in [6, 6.07) is 12.9. The van der Waals surface area contributed by atoms with E-state index in [1.54, 1.807) is 12.1 Å². The van der Waals surface area contributed by atoms with Crippen LogP contribution >= 0.6 is 34.2 Å². The number of amides is 2. The van der Waals surface area contributed by atoms with Gasteiger partial charge in [0.25, 0.3) is 5.91 Å². The first-order chi connectivity index (χ1) is 12.0. The maximum Gasteiger partial charge on any atom is 0.256 e. The van der Waals surface area contributed by atoms with Crippen LogP contribution in [0.4, 0.5) is 5.69 Å². The molecule has 1 saturated heterocycles. The van der Waals surface area contributed by atoms with E-state index in [0.717, 1.165) is 28.5 Å². The van der Waals surface area contributed by atoms with Gasteiger partial charge in [0.2, 0.25) is 5.91 Å². The number of anilines is 1. The molecule has 1 heterocycles. The lowest BCUT2D eigenvalue weighted by Crippen LogP contribution is -2.34. The molecule has 0 aromatic heterocycles. The molecule has 0 aliphatic carbocycles. The Morgan fingerprint density at radius 3 is 2.84 bits per heavy atom. The van der Waals surface area contributed by atoms with Crippen LogP contribution < -0.4 is 5.32 Å². The molecule has 6 heteroatoms. The van der Waals surface area contributed by atoms with E-state index in [4.69, 9.17) is 11.6 Å². The van der Waals surface area contributed by atoms with Crippen LogP contribution in [0.25, 0.3) is 0 Å². The van der Waals surface area contributed by atoms with Gasteiger partial charge in [-0.1, -0.05) is 23.7 Å². The maximum absolute atomic E-state index is 12.5. The number of benzene rings is 2. The lowest BCUT2D eigenvalue weighted by molar-refractivity contribution is -0.133. The zero-order chi connectivity index (χ0) is 17.8. The van der Waals surface area contributed by atoms with E-state index in [9.17, 15) is 9.59 Å². The fourth-order valence-electron chi connectivity index (χ4n) is 2.87. The summed E-state index contributed by atoms with van der Waals surface area (Å²) in [7, 11) is 0. The number of halogens is 2. The minimum Gasteiger partial charge on any atom is -0.338 e. The van der Waals surface area contributed by atoms with Gasteiger partial charge in [-0.3, -0.25) is 9.59 Å². The highest BCUT2D eigenvalue weighted by atomic mass is 127. The zero-order valence-electron chi connectivity index (χ0n) is 13.6. The average Bonchev–Trinajstić information content (AvgIpc) is 2.59. The van der Waals surface area contributed by atoms with Crippen molar-refractivity contribution in [3.05, 3.63) is 62.2 Å².